The van der Waals surface area contributed by atoms with E-state index in [1.807, 2.05) is 6.07 Å². The van der Waals surface area contributed by atoms with Gasteiger partial charge in [-0.1, -0.05) is 30.3 Å². The molecule has 2 aliphatic heterocycles. The minimum Gasteiger partial charge on any atom is -0.498 e. The van der Waals surface area contributed by atoms with Gasteiger partial charge in [0.25, 0.3) is 6.09 Å². The predicted molar refractivity (Wildman–Crippen MR) is 83.6 cm³/mol. The Morgan fingerprint density at radius 1 is 1.33 bits per heavy atom. The molecular weight excluding hydrogens is 332 g/mol. The Kier molecular flexibility index (Phi) is 3.84. The maximum atomic E-state index is 12.6. The van der Waals surface area contributed by atoms with E-state index in [0.29, 0.717) is 0 Å². The lowest BCUT2D eigenvalue weighted by molar-refractivity contribution is -0.839. The second-order valence-electron chi connectivity index (χ2n) is 6.79. The normalized spacial score (nSPS) is 33.4. The topological polar surface area (TPSA) is 103 Å². The number of hydrogen-bond donors (Lipinski definition) is 1. The number of carbonyl (C=O) groups excluding carboxylic acids is 3. The van der Waals surface area contributed by atoms with Crippen LogP contribution in [-0.2, 0) is 26.8 Å². The summed E-state index contributed by atoms with van der Waals surface area (Å²) in [5.74, 6) is -1.07. The summed E-state index contributed by atoms with van der Waals surface area (Å²) < 4.78 is 10.8. The molecule has 1 aromatic rings. The van der Waals surface area contributed by atoms with Crippen LogP contribution in [0.4, 0.5) is 4.79 Å². The second kappa shape index (κ2) is 5.49. The van der Waals surface area contributed by atoms with Crippen LogP contribution >= 0.6 is 0 Å². The van der Waals surface area contributed by atoms with Gasteiger partial charge in [-0.05, 0) is 19.4 Å². The first kappa shape index (κ1) is 16.8. The molecule has 3 unspecified atom stereocenters. The fraction of sp³-hybridized carbons (Fsp3) is 0.438. The van der Waals surface area contributed by atoms with Gasteiger partial charge in [-0.2, -0.15) is 4.48 Å². The number of fused-ring (bicyclic) bond motifs is 1. The molecule has 0 spiro atoms. The maximum Gasteiger partial charge on any atom is 0.350 e. The molecule has 2 fully saturated rings. The molecule has 1 N–H and O–H groups in total. The van der Waals surface area contributed by atoms with Crippen molar-refractivity contribution in [1.29, 1.82) is 0 Å². The van der Waals surface area contributed by atoms with Crippen molar-refractivity contribution < 1.29 is 28.2 Å². The molecule has 0 aliphatic carbocycles. The maximum absolute atomic E-state index is 12.6. The SMILES string of the molecule is CC1(C)C[N+]2(C(=O)[O-])C(=O)C(NC(=O)Cc3ccccc3)[C@@H]2S1=O. The molecule has 0 aromatic heterocycles. The molecule has 2 aliphatic rings. The van der Waals surface area contributed by atoms with Gasteiger partial charge in [0.15, 0.2) is 0 Å². The third-order valence-electron chi connectivity index (χ3n) is 4.62. The summed E-state index contributed by atoms with van der Waals surface area (Å²) in [5, 5.41) is 13.1. The van der Waals surface area contributed by atoms with Gasteiger partial charge in [0.2, 0.25) is 17.3 Å². The van der Waals surface area contributed by atoms with Crippen molar-refractivity contribution in [2.75, 3.05) is 6.54 Å². The number of rotatable bonds is 3. The van der Waals surface area contributed by atoms with Crippen LogP contribution < -0.4 is 10.4 Å². The van der Waals surface area contributed by atoms with Gasteiger partial charge >= 0.3 is 5.91 Å². The molecule has 3 rings (SSSR count). The lowest BCUT2D eigenvalue weighted by Gasteiger charge is -2.47. The average Bonchev–Trinajstić information content (AvgIpc) is 2.71. The highest BCUT2D eigenvalue weighted by Crippen LogP contribution is 2.45. The molecule has 1 aromatic carbocycles. The largest absolute Gasteiger partial charge is 0.498 e. The van der Waals surface area contributed by atoms with Crippen LogP contribution in [0.1, 0.15) is 19.4 Å². The zero-order chi connectivity index (χ0) is 17.7. The van der Waals surface area contributed by atoms with Crippen LogP contribution in [0.15, 0.2) is 30.3 Å². The Morgan fingerprint density at radius 3 is 2.54 bits per heavy atom. The van der Waals surface area contributed by atoms with E-state index in [4.69, 9.17) is 0 Å². The van der Waals surface area contributed by atoms with E-state index < -0.39 is 49.4 Å². The lowest BCUT2D eigenvalue weighted by Crippen LogP contribution is -2.83. The van der Waals surface area contributed by atoms with Gasteiger partial charge in [-0.25, -0.2) is 4.79 Å². The molecule has 24 heavy (non-hydrogen) atoms. The minimum absolute atomic E-state index is 0.0681. The van der Waals surface area contributed by atoms with Gasteiger partial charge in [-0.3, -0.25) is 9.00 Å². The molecule has 0 bridgehead atoms. The van der Waals surface area contributed by atoms with Crippen LogP contribution in [0.2, 0.25) is 0 Å². The van der Waals surface area contributed by atoms with Crippen molar-refractivity contribution in [1.82, 2.24) is 5.32 Å². The van der Waals surface area contributed by atoms with Crippen molar-refractivity contribution in [3.8, 4) is 0 Å². The Morgan fingerprint density at radius 2 is 1.96 bits per heavy atom. The summed E-state index contributed by atoms with van der Waals surface area (Å²) in [6, 6.07) is 7.92. The van der Waals surface area contributed by atoms with E-state index in [1.54, 1.807) is 38.1 Å². The van der Waals surface area contributed by atoms with Crippen LogP contribution in [0.3, 0.4) is 0 Å². The monoisotopic (exact) mass is 350 g/mol. The van der Waals surface area contributed by atoms with Gasteiger partial charge in [0, 0.05) is 0 Å². The quantitative estimate of drug-likeness (QED) is 0.572. The van der Waals surface area contributed by atoms with Crippen LogP contribution in [-0.4, -0.2) is 49.3 Å². The summed E-state index contributed by atoms with van der Waals surface area (Å²) in [6.45, 7) is 3.22. The number of quaternary nitrogens is 1. The summed E-state index contributed by atoms with van der Waals surface area (Å²) in [7, 11) is -1.58. The van der Waals surface area contributed by atoms with Gasteiger partial charge in [-0.15, -0.1) is 0 Å². The number of carboxylic acid groups (broad SMARTS) is 1. The molecule has 2 heterocycles. The molecule has 7 nitrogen and oxygen atoms in total. The number of hydrogen-bond acceptors (Lipinski definition) is 5. The number of nitrogens with zero attached hydrogens (tertiary/aromatic N) is 1. The summed E-state index contributed by atoms with van der Waals surface area (Å²) in [6.07, 6.45) is -1.49. The molecule has 3 amide bonds. The predicted octanol–water partition coefficient (Wildman–Crippen LogP) is -0.719. The Balaban J connectivity index is 1.79. The molecular formula is C16H18N2O5S. The van der Waals surface area contributed by atoms with E-state index in [9.17, 15) is 23.7 Å². The molecule has 0 radical (unpaired) electrons. The van der Waals surface area contributed by atoms with Crippen molar-refractivity contribution in [3.63, 3.8) is 0 Å². The summed E-state index contributed by atoms with van der Waals surface area (Å²) >= 11 is 0. The van der Waals surface area contributed by atoms with Gasteiger partial charge in [0.1, 0.15) is 6.54 Å². The van der Waals surface area contributed by atoms with Crippen LogP contribution in [0, 0.1) is 0 Å². The van der Waals surface area contributed by atoms with E-state index in [1.165, 1.54) is 0 Å². The third kappa shape index (κ3) is 2.29. The van der Waals surface area contributed by atoms with Crippen molar-refractivity contribution in [3.05, 3.63) is 35.9 Å². The highest BCUT2D eigenvalue weighted by molar-refractivity contribution is 7.87. The fourth-order valence-corrected chi connectivity index (χ4v) is 5.52. The summed E-state index contributed by atoms with van der Waals surface area (Å²) in [4.78, 5) is 36.1. The van der Waals surface area contributed by atoms with E-state index in [-0.39, 0.29) is 13.0 Å². The standard InChI is InChI=1S/C16H18N2O5S/c1-16(2)9-18(15(21)22)13(20)12(14(18)24(16)23)17-11(19)8-10-6-4-3-5-7-10/h3-7,12,14H,8-9H2,1-2H3,(H-,17,19,21,22)/t12?,14-,18?,24?/m0/s1. The third-order valence-corrected chi connectivity index (χ3v) is 6.91. The summed E-state index contributed by atoms with van der Waals surface area (Å²) in [5.41, 5.74) is 0.773. The first-order chi connectivity index (χ1) is 11.2. The zero-order valence-electron chi connectivity index (χ0n) is 13.4. The van der Waals surface area contributed by atoms with E-state index >= 15 is 0 Å². The smallest absolute Gasteiger partial charge is 0.350 e. The molecule has 8 heteroatoms. The van der Waals surface area contributed by atoms with Crippen LogP contribution in [0.5, 0.6) is 0 Å². The Labute approximate surface area is 141 Å². The minimum atomic E-state index is -1.58. The number of imide groups is 1. The van der Waals surface area contributed by atoms with Gasteiger partial charge < -0.3 is 15.2 Å². The van der Waals surface area contributed by atoms with E-state index in [0.717, 1.165) is 5.56 Å². The van der Waals surface area contributed by atoms with Crippen molar-refractivity contribution in [2.45, 2.75) is 36.4 Å². The van der Waals surface area contributed by atoms with Gasteiger partial charge in [0.05, 0.1) is 22.0 Å². The Bertz CT molecular complexity index is 748. The average molecular weight is 350 g/mol. The fourth-order valence-electron chi connectivity index (χ4n) is 3.51. The molecule has 4 atom stereocenters. The first-order valence-electron chi connectivity index (χ1n) is 7.58. The van der Waals surface area contributed by atoms with Crippen LogP contribution in [0.25, 0.3) is 0 Å². The molecule has 128 valence electrons. The highest BCUT2D eigenvalue weighted by atomic mass is 32.2. The number of carbonyl (C=O) groups is 3. The second-order valence-corrected chi connectivity index (χ2v) is 8.97. The Hall–Kier alpha value is -2.06. The highest BCUT2D eigenvalue weighted by Gasteiger charge is 2.76. The number of amides is 3. The molecule has 2 saturated heterocycles. The van der Waals surface area contributed by atoms with E-state index in [2.05, 4.69) is 5.32 Å². The number of nitrogens with one attached hydrogen (secondary N) is 1. The molecule has 0 saturated carbocycles. The number of benzene rings is 1. The van der Waals surface area contributed by atoms with Crippen molar-refractivity contribution >= 4 is 28.7 Å². The zero-order valence-corrected chi connectivity index (χ0v) is 14.2. The first-order valence-corrected chi connectivity index (χ1v) is 8.79. The van der Waals surface area contributed by atoms with Crippen molar-refractivity contribution in [2.24, 2.45) is 0 Å². The lowest BCUT2D eigenvalue weighted by atomic mass is 9.99. The number of β-lactam (4-membered cyclic amide) rings is 1.